The van der Waals surface area contributed by atoms with Crippen molar-refractivity contribution in [1.29, 1.82) is 0 Å². The molecule has 5 nitrogen and oxygen atoms in total. The Morgan fingerprint density at radius 1 is 1.60 bits per heavy atom. The number of nitrogen functional groups attached to an aromatic ring is 1. The van der Waals surface area contributed by atoms with Crippen LogP contribution in [0.4, 0.5) is 5.82 Å². The minimum absolute atomic E-state index is 0.0394. The molecule has 0 saturated carbocycles. The number of aliphatic hydroxyl groups excluding tert-OH is 1. The first-order valence-electron chi connectivity index (χ1n) is 4.23. The number of anilines is 1. The van der Waals surface area contributed by atoms with E-state index in [1.54, 1.807) is 0 Å². The number of hydrogen-bond acceptors (Lipinski definition) is 4. The molecule has 78 valence electrons. The van der Waals surface area contributed by atoms with Gasteiger partial charge in [-0.2, -0.15) is 0 Å². The van der Waals surface area contributed by atoms with Crippen molar-refractivity contribution in [2.75, 3.05) is 12.3 Å². The van der Waals surface area contributed by atoms with Crippen LogP contribution in [0.5, 0.6) is 0 Å². The molecule has 0 bridgehead atoms. The van der Waals surface area contributed by atoms with Crippen molar-refractivity contribution in [1.82, 2.24) is 4.98 Å². The van der Waals surface area contributed by atoms with Crippen LogP contribution in [0, 0.1) is 11.8 Å². The van der Waals surface area contributed by atoms with E-state index < -0.39 is 5.97 Å². The van der Waals surface area contributed by atoms with Crippen LogP contribution in [0.3, 0.4) is 0 Å². The van der Waals surface area contributed by atoms with E-state index in [1.807, 2.05) is 0 Å². The molecule has 0 amide bonds. The fraction of sp³-hybridized carbons (Fsp3) is 0.200. The molecule has 1 rings (SSSR count). The van der Waals surface area contributed by atoms with E-state index in [2.05, 4.69) is 16.8 Å². The van der Waals surface area contributed by atoms with Crippen LogP contribution in [-0.2, 0) is 0 Å². The van der Waals surface area contributed by atoms with Crippen LogP contribution in [0.15, 0.2) is 12.3 Å². The Morgan fingerprint density at radius 2 is 2.33 bits per heavy atom. The highest BCUT2D eigenvalue weighted by Gasteiger charge is 2.05. The van der Waals surface area contributed by atoms with E-state index in [-0.39, 0.29) is 18.0 Å². The summed E-state index contributed by atoms with van der Waals surface area (Å²) in [5.74, 6) is 4.40. The van der Waals surface area contributed by atoms with E-state index in [9.17, 15) is 4.79 Å². The lowest BCUT2D eigenvalue weighted by Gasteiger charge is -1.98. The molecule has 4 N–H and O–H groups in total. The van der Waals surface area contributed by atoms with Crippen LogP contribution in [-0.4, -0.2) is 27.8 Å². The first-order valence-corrected chi connectivity index (χ1v) is 4.23. The molecule has 0 spiro atoms. The van der Waals surface area contributed by atoms with Gasteiger partial charge in [0.15, 0.2) is 0 Å². The smallest absolute Gasteiger partial charge is 0.337 e. The van der Waals surface area contributed by atoms with Gasteiger partial charge >= 0.3 is 5.97 Å². The van der Waals surface area contributed by atoms with Gasteiger partial charge in [0.2, 0.25) is 0 Å². The zero-order valence-corrected chi connectivity index (χ0v) is 7.90. The average molecular weight is 206 g/mol. The maximum atomic E-state index is 10.6. The molecule has 1 aromatic heterocycles. The number of carboxylic acids is 1. The van der Waals surface area contributed by atoms with Gasteiger partial charge in [-0.05, 0) is 6.07 Å². The molecule has 1 heterocycles. The second kappa shape index (κ2) is 4.98. The molecule has 0 radical (unpaired) electrons. The van der Waals surface area contributed by atoms with Gasteiger partial charge < -0.3 is 15.9 Å². The predicted molar refractivity (Wildman–Crippen MR) is 54.2 cm³/mol. The summed E-state index contributed by atoms with van der Waals surface area (Å²) in [5.41, 5.74) is 5.91. The third-order valence-corrected chi connectivity index (χ3v) is 1.63. The SMILES string of the molecule is Nc1ncc(C(=O)O)cc1C#CCCO. The molecule has 5 heteroatoms. The number of hydrogen-bond donors (Lipinski definition) is 3. The van der Waals surface area contributed by atoms with Gasteiger partial charge in [-0.25, -0.2) is 9.78 Å². The van der Waals surface area contributed by atoms with Crippen LogP contribution in [0.25, 0.3) is 0 Å². The topological polar surface area (TPSA) is 96.4 Å². The number of nitrogens with two attached hydrogens (primary N) is 1. The first kappa shape index (κ1) is 11.0. The van der Waals surface area contributed by atoms with Crippen LogP contribution < -0.4 is 5.73 Å². The Bertz CT molecular complexity index is 432. The van der Waals surface area contributed by atoms with E-state index in [0.29, 0.717) is 12.0 Å². The van der Waals surface area contributed by atoms with E-state index in [0.717, 1.165) is 0 Å². The lowest BCUT2D eigenvalue weighted by Crippen LogP contribution is -2.01. The molecule has 15 heavy (non-hydrogen) atoms. The summed E-state index contributed by atoms with van der Waals surface area (Å²) in [6, 6.07) is 1.36. The van der Waals surface area contributed by atoms with Gasteiger partial charge in [-0.15, -0.1) is 0 Å². The maximum absolute atomic E-state index is 10.6. The quantitative estimate of drug-likeness (QED) is 0.596. The van der Waals surface area contributed by atoms with Crippen LogP contribution >= 0.6 is 0 Å². The summed E-state index contributed by atoms with van der Waals surface area (Å²) in [6.45, 7) is -0.0427. The average Bonchev–Trinajstić information content (AvgIpc) is 2.20. The minimum atomic E-state index is -1.08. The molecule has 0 aliphatic carbocycles. The van der Waals surface area contributed by atoms with Crippen molar-refractivity contribution in [3.8, 4) is 11.8 Å². The normalized spacial score (nSPS) is 9.13. The van der Waals surface area contributed by atoms with E-state index >= 15 is 0 Å². The second-order valence-corrected chi connectivity index (χ2v) is 2.74. The number of rotatable bonds is 2. The van der Waals surface area contributed by atoms with Crippen molar-refractivity contribution in [3.05, 3.63) is 23.4 Å². The molecule has 0 atom stereocenters. The molecular weight excluding hydrogens is 196 g/mol. The summed E-state index contributed by atoms with van der Waals surface area (Å²) >= 11 is 0. The lowest BCUT2D eigenvalue weighted by atomic mass is 10.2. The second-order valence-electron chi connectivity index (χ2n) is 2.74. The molecule has 0 unspecified atom stereocenters. The highest BCUT2D eigenvalue weighted by atomic mass is 16.4. The number of nitrogens with zero attached hydrogens (tertiary/aromatic N) is 1. The fourth-order valence-electron chi connectivity index (χ4n) is 0.906. The summed E-state index contributed by atoms with van der Waals surface area (Å²) < 4.78 is 0. The fourth-order valence-corrected chi connectivity index (χ4v) is 0.906. The maximum Gasteiger partial charge on any atom is 0.337 e. The van der Waals surface area contributed by atoms with Gasteiger partial charge in [-0.1, -0.05) is 11.8 Å². The van der Waals surface area contributed by atoms with Gasteiger partial charge in [0, 0.05) is 12.6 Å². The molecular formula is C10H10N2O3. The largest absolute Gasteiger partial charge is 0.478 e. The van der Waals surface area contributed by atoms with Gasteiger partial charge in [0.05, 0.1) is 17.7 Å². The molecule has 0 saturated heterocycles. The number of carboxylic acid groups (broad SMARTS) is 1. The summed E-state index contributed by atoms with van der Waals surface area (Å²) in [7, 11) is 0. The zero-order chi connectivity index (χ0) is 11.3. The van der Waals surface area contributed by atoms with Gasteiger partial charge in [-0.3, -0.25) is 0 Å². The number of carbonyl (C=O) groups is 1. The van der Waals surface area contributed by atoms with Gasteiger partial charge in [0.25, 0.3) is 0 Å². The number of aromatic carboxylic acids is 1. The Morgan fingerprint density at radius 3 is 2.93 bits per heavy atom. The van der Waals surface area contributed by atoms with E-state index in [4.69, 9.17) is 15.9 Å². The summed E-state index contributed by atoms with van der Waals surface area (Å²) in [4.78, 5) is 14.3. The number of aliphatic hydroxyl groups is 1. The molecule has 0 aliphatic heterocycles. The van der Waals surface area contributed by atoms with Crippen LogP contribution in [0.2, 0.25) is 0 Å². The van der Waals surface area contributed by atoms with Crippen molar-refractivity contribution in [3.63, 3.8) is 0 Å². The summed E-state index contributed by atoms with van der Waals surface area (Å²) in [6.07, 6.45) is 1.49. The standard InChI is InChI=1S/C10H10N2O3/c11-9-7(3-1-2-4-13)5-8(6-12-9)10(14)15/h5-6,13H,2,4H2,(H2,11,12)(H,14,15). The van der Waals surface area contributed by atoms with Crippen molar-refractivity contribution in [2.45, 2.75) is 6.42 Å². The molecule has 1 aromatic rings. The highest BCUT2D eigenvalue weighted by molar-refractivity contribution is 5.88. The first-order chi connectivity index (χ1) is 7.15. The Kier molecular flexibility index (Phi) is 3.66. The number of pyridine rings is 1. The zero-order valence-electron chi connectivity index (χ0n) is 7.90. The van der Waals surface area contributed by atoms with Crippen molar-refractivity contribution >= 4 is 11.8 Å². The van der Waals surface area contributed by atoms with Crippen molar-refractivity contribution < 1.29 is 15.0 Å². The Hall–Kier alpha value is -2.06. The third-order valence-electron chi connectivity index (χ3n) is 1.63. The van der Waals surface area contributed by atoms with Crippen LogP contribution in [0.1, 0.15) is 22.3 Å². The third kappa shape index (κ3) is 2.97. The lowest BCUT2D eigenvalue weighted by molar-refractivity contribution is 0.0696. The molecule has 0 fully saturated rings. The highest BCUT2D eigenvalue weighted by Crippen LogP contribution is 2.09. The monoisotopic (exact) mass is 206 g/mol. The molecule has 0 aliphatic rings. The predicted octanol–water partition coefficient (Wildman–Crippen LogP) is 0.0959. The Balaban J connectivity index is 3.02. The minimum Gasteiger partial charge on any atom is -0.478 e. The summed E-state index contributed by atoms with van der Waals surface area (Å²) in [5, 5.41) is 17.2. The Labute approximate surface area is 86.6 Å². The van der Waals surface area contributed by atoms with Gasteiger partial charge in [0.1, 0.15) is 5.82 Å². The van der Waals surface area contributed by atoms with Crippen molar-refractivity contribution in [2.24, 2.45) is 0 Å². The number of aromatic nitrogens is 1. The van der Waals surface area contributed by atoms with E-state index in [1.165, 1.54) is 12.3 Å². The molecule has 0 aromatic carbocycles.